The minimum absolute atomic E-state index is 0.170. The molecule has 2 aliphatic heterocycles. The van der Waals surface area contributed by atoms with E-state index in [4.69, 9.17) is 15.2 Å². The molecule has 0 radical (unpaired) electrons. The third-order valence-corrected chi connectivity index (χ3v) is 6.13. The molecule has 0 saturated carbocycles. The van der Waals surface area contributed by atoms with Gasteiger partial charge in [-0.3, -0.25) is 9.69 Å². The van der Waals surface area contributed by atoms with E-state index in [0.29, 0.717) is 23.6 Å². The van der Waals surface area contributed by atoms with E-state index in [9.17, 15) is 4.79 Å². The van der Waals surface area contributed by atoms with E-state index in [1.54, 1.807) is 7.11 Å². The molecule has 0 spiro atoms. The number of nitrogens with two attached hydrogens (primary N) is 1. The van der Waals surface area contributed by atoms with Crippen LogP contribution in [0.1, 0.15) is 41.4 Å². The Balaban J connectivity index is 1.41. The Kier molecular flexibility index (Phi) is 4.58. The summed E-state index contributed by atoms with van der Waals surface area (Å²) >= 11 is 0. The van der Waals surface area contributed by atoms with Gasteiger partial charge >= 0.3 is 0 Å². The number of aromatic nitrogens is 3. The maximum Gasteiger partial charge on any atom is 0.255 e. The summed E-state index contributed by atoms with van der Waals surface area (Å²) in [6.45, 7) is 2.66. The first-order valence-corrected chi connectivity index (χ1v) is 10.2. The van der Waals surface area contributed by atoms with Gasteiger partial charge < -0.3 is 15.2 Å². The number of hydrogen-bond donors (Lipinski definition) is 1. The number of carbonyl (C=O) groups is 1. The monoisotopic (exact) mass is 407 g/mol. The molecule has 5 rings (SSSR count). The number of primary amides is 1. The largest absolute Gasteiger partial charge is 0.493 e. The quantitative estimate of drug-likeness (QED) is 0.673. The number of aryl methyl sites for hydroxylation is 1. The van der Waals surface area contributed by atoms with Crippen molar-refractivity contribution in [2.45, 2.75) is 44.8 Å². The highest BCUT2D eigenvalue weighted by Crippen LogP contribution is 2.44. The second kappa shape index (κ2) is 7.28. The van der Waals surface area contributed by atoms with E-state index in [-0.39, 0.29) is 6.61 Å². The fourth-order valence-electron chi connectivity index (χ4n) is 4.83. The van der Waals surface area contributed by atoms with Crippen molar-refractivity contribution in [3.8, 4) is 11.5 Å². The minimum Gasteiger partial charge on any atom is -0.493 e. The van der Waals surface area contributed by atoms with E-state index < -0.39 is 5.91 Å². The van der Waals surface area contributed by atoms with Crippen molar-refractivity contribution in [1.29, 1.82) is 0 Å². The number of hydrogen-bond acceptors (Lipinski definition) is 6. The van der Waals surface area contributed by atoms with Crippen LogP contribution >= 0.6 is 0 Å². The van der Waals surface area contributed by atoms with Crippen molar-refractivity contribution in [1.82, 2.24) is 19.5 Å². The summed E-state index contributed by atoms with van der Waals surface area (Å²) in [7, 11) is 1.60. The fraction of sp³-hybridized carbons (Fsp3) is 0.409. The number of nitrogens with zero attached hydrogens (tertiary/aromatic N) is 4. The molecule has 2 aromatic heterocycles. The van der Waals surface area contributed by atoms with Crippen LogP contribution in [0.3, 0.4) is 0 Å². The molecule has 8 nitrogen and oxygen atoms in total. The molecule has 0 aliphatic carbocycles. The van der Waals surface area contributed by atoms with Crippen molar-refractivity contribution >= 4 is 11.6 Å². The highest BCUT2D eigenvalue weighted by molar-refractivity contribution is 5.75. The van der Waals surface area contributed by atoms with E-state index in [2.05, 4.69) is 15.0 Å². The average molecular weight is 407 g/mol. The van der Waals surface area contributed by atoms with Crippen LogP contribution < -0.4 is 15.2 Å². The Morgan fingerprint density at radius 2 is 2.13 bits per heavy atom. The molecule has 1 saturated heterocycles. The standard InChI is InChI=1S/C22H25N5O3/c1-13-7-22-24-10-16-17-5-4-15(9-18(16)27(22)25-13)26(17)11-14-3-6-19(20(8-14)29-2)30-12-21(23)28/h3,6-8,10,15,17H,4-5,9,11-12H2,1-2H3,(H2,23,28). The van der Waals surface area contributed by atoms with Gasteiger partial charge in [-0.05, 0) is 37.5 Å². The lowest BCUT2D eigenvalue weighted by molar-refractivity contribution is -0.119. The lowest BCUT2D eigenvalue weighted by atomic mass is 9.98. The molecule has 30 heavy (non-hydrogen) atoms. The van der Waals surface area contributed by atoms with Crippen LogP contribution in [0.4, 0.5) is 0 Å². The average Bonchev–Trinajstić information content (AvgIpc) is 3.24. The molecule has 2 unspecified atom stereocenters. The SMILES string of the molecule is COc1cc(CN2C3CCC2c2cnc4cc(C)nn4c2C3)ccc1OCC(N)=O. The van der Waals surface area contributed by atoms with Gasteiger partial charge in [-0.25, -0.2) is 9.50 Å². The topological polar surface area (TPSA) is 95.0 Å². The summed E-state index contributed by atoms with van der Waals surface area (Å²) < 4.78 is 12.9. The Morgan fingerprint density at radius 3 is 2.93 bits per heavy atom. The normalized spacial score (nSPS) is 20.3. The predicted molar refractivity (Wildman–Crippen MR) is 110 cm³/mol. The molecule has 4 heterocycles. The van der Waals surface area contributed by atoms with Crippen molar-refractivity contribution in [2.24, 2.45) is 5.73 Å². The van der Waals surface area contributed by atoms with Gasteiger partial charge in [-0.15, -0.1) is 0 Å². The minimum atomic E-state index is -0.514. The fourth-order valence-corrected chi connectivity index (χ4v) is 4.83. The zero-order chi connectivity index (χ0) is 20.8. The predicted octanol–water partition coefficient (Wildman–Crippen LogP) is 2.17. The van der Waals surface area contributed by atoms with Crippen molar-refractivity contribution in [2.75, 3.05) is 13.7 Å². The van der Waals surface area contributed by atoms with Crippen molar-refractivity contribution in [3.63, 3.8) is 0 Å². The summed E-state index contributed by atoms with van der Waals surface area (Å²) in [6, 6.07) is 8.69. The number of carbonyl (C=O) groups excluding carboxylic acids is 1. The molecular weight excluding hydrogens is 382 g/mol. The van der Waals surface area contributed by atoms with E-state index in [1.165, 1.54) is 11.3 Å². The van der Waals surface area contributed by atoms with Crippen LogP contribution in [0.15, 0.2) is 30.5 Å². The van der Waals surface area contributed by atoms with E-state index in [1.807, 2.05) is 41.9 Å². The molecule has 2 N–H and O–H groups in total. The molecule has 1 aromatic carbocycles. The molecule has 156 valence electrons. The van der Waals surface area contributed by atoms with Crippen LogP contribution in [0.2, 0.25) is 0 Å². The molecule has 2 bridgehead atoms. The number of fused-ring (bicyclic) bond motifs is 6. The smallest absolute Gasteiger partial charge is 0.255 e. The number of rotatable bonds is 6. The first kappa shape index (κ1) is 18.9. The van der Waals surface area contributed by atoms with Crippen LogP contribution in [-0.2, 0) is 17.8 Å². The third kappa shape index (κ3) is 3.17. The number of amides is 1. The zero-order valence-corrected chi connectivity index (χ0v) is 17.2. The summed E-state index contributed by atoms with van der Waals surface area (Å²) in [5.74, 6) is 0.612. The first-order valence-electron chi connectivity index (χ1n) is 10.2. The lowest BCUT2D eigenvalue weighted by Crippen LogP contribution is -2.38. The van der Waals surface area contributed by atoms with Gasteiger partial charge in [0, 0.05) is 42.9 Å². The lowest BCUT2D eigenvalue weighted by Gasteiger charge is -2.36. The third-order valence-electron chi connectivity index (χ3n) is 6.13. The Bertz CT molecular complexity index is 1130. The second-order valence-corrected chi connectivity index (χ2v) is 8.08. The number of ether oxygens (including phenoxy) is 2. The highest BCUT2D eigenvalue weighted by Gasteiger charge is 2.41. The maximum atomic E-state index is 11.0. The molecule has 2 aliphatic rings. The Morgan fingerprint density at radius 1 is 1.27 bits per heavy atom. The molecular formula is C22H25N5O3. The maximum absolute atomic E-state index is 11.0. The Labute approximate surface area is 174 Å². The van der Waals surface area contributed by atoms with Gasteiger partial charge in [0.2, 0.25) is 0 Å². The van der Waals surface area contributed by atoms with Crippen LogP contribution in [0.25, 0.3) is 5.65 Å². The van der Waals surface area contributed by atoms with Crippen LogP contribution in [0, 0.1) is 6.92 Å². The number of methoxy groups -OCH3 is 1. The zero-order valence-electron chi connectivity index (χ0n) is 17.2. The molecule has 1 fully saturated rings. The Hall–Kier alpha value is -3.13. The molecule has 3 aromatic rings. The van der Waals surface area contributed by atoms with Gasteiger partial charge in [-0.1, -0.05) is 6.07 Å². The van der Waals surface area contributed by atoms with Gasteiger partial charge in [0.15, 0.2) is 23.8 Å². The van der Waals surface area contributed by atoms with Gasteiger partial charge in [0.1, 0.15) is 0 Å². The van der Waals surface area contributed by atoms with Crippen LogP contribution in [-0.4, -0.2) is 45.2 Å². The second-order valence-electron chi connectivity index (χ2n) is 8.08. The summed E-state index contributed by atoms with van der Waals surface area (Å²) in [4.78, 5) is 18.2. The molecule has 2 atom stereocenters. The summed E-state index contributed by atoms with van der Waals surface area (Å²) in [5.41, 5.74) is 10.8. The summed E-state index contributed by atoms with van der Waals surface area (Å²) in [6.07, 6.45) is 5.30. The first-order chi connectivity index (χ1) is 14.5. The number of benzene rings is 1. The molecule has 8 heteroatoms. The van der Waals surface area contributed by atoms with Gasteiger partial charge in [0.05, 0.1) is 18.5 Å². The summed E-state index contributed by atoms with van der Waals surface area (Å²) in [5, 5.41) is 4.67. The van der Waals surface area contributed by atoms with Crippen LogP contribution in [0.5, 0.6) is 11.5 Å². The van der Waals surface area contributed by atoms with Crippen molar-refractivity contribution < 1.29 is 14.3 Å². The van der Waals surface area contributed by atoms with Gasteiger partial charge in [-0.2, -0.15) is 5.10 Å². The molecule has 1 amide bonds. The van der Waals surface area contributed by atoms with E-state index >= 15 is 0 Å². The van der Waals surface area contributed by atoms with Gasteiger partial charge in [0.25, 0.3) is 5.91 Å². The van der Waals surface area contributed by atoms with E-state index in [0.717, 1.165) is 42.7 Å². The van der Waals surface area contributed by atoms with Crippen molar-refractivity contribution in [3.05, 3.63) is 53.0 Å². The highest BCUT2D eigenvalue weighted by atomic mass is 16.5.